The number of aliphatic hydroxyl groups is 1. The van der Waals surface area contributed by atoms with Gasteiger partial charge in [-0.05, 0) is 31.0 Å². The topological polar surface area (TPSA) is 57.6 Å². The third kappa shape index (κ3) is 2.63. The van der Waals surface area contributed by atoms with Crippen LogP contribution in [-0.2, 0) is 16.6 Å². The molecular formula is C13H17NO3S. The van der Waals surface area contributed by atoms with Crippen LogP contribution < -0.4 is 0 Å². The lowest BCUT2D eigenvalue weighted by atomic mass is 10.1. The van der Waals surface area contributed by atoms with Gasteiger partial charge in [-0.2, -0.15) is 4.31 Å². The van der Waals surface area contributed by atoms with Crippen molar-refractivity contribution in [3.8, 4) is 0 Å². The van der Waals surface area contributed by atoms with Crippen molar-refractivity contribution in [1.29, 1.82) is 0 Å². The van der Waals surface area contributed by atoms with Crippen LogP contribution in [-0.4, -0.2) is 30.9 Å². The third-order valence-electron chi connectivity index (χ3n) is 3.14. The molecule has 0 radical (unpaired) electrons. The molecule has 0 atom stereocenters. The summed E-state index contributed by atoms with van der Waals surface area (Å²) >= 11 is 0. The second kappa shape index (κ2) is 5.22. The Hall–Kier alpha value is -1.17. The first kappa shape index (κ1) is 13.3. The molecule has 1 aliphatic heterocycles. The molecule has 1 aliphatic rings. The molecule has 0 amide bonds. The highest BCUT2D eigenvalue weighted by molar-refractivity contribution is 7.89. The van der Waals surface area contributed by atoms with Gasteiger partial charge in [0.15, 0.2) is 0 Å². The Morgan fingerprint density at radius 2 is 1.94 bits per heavy atom. The maximum Gasteiger partial charge on any atom is 0.243 e. The van der Waals surface area contributed by atoms with E-state index in [0.29, 0.717) is 18.7 Å². The molecule has 0 fully saturated rings. The molecule has 0 saturated carbocycles. The Labute approximate surface area is 108 Å². The van der Waals surface area contributed by atoms with Crippen LogP contribution in [0.3, 0.4) is 0 Å². The van der Waals surface area contributed by atoms with Crippen LogP contribution in [0.5, 0.6) is 0 Å². The number of aliphatic hydroxyl groups excluding tert-OH is 1. The molecule has 18 heavy (non-hydrogen) atoms. The zero-order valence-corrected chi connectivity index (χ0v) is 11.2. The monoisotopic (exact) mass is 267 g/mol. The average molecular weight is 267 g/mol. The third-order valence-corrected chi connectivity index (χ3v) is 5.02. The van der Waals surface area contributed by atoms with Crippen molar-refractivity contribution in [2.75, 3.05) is 13.1 Å². The highest BCUT2D eigenvalue weighted by atomic mass is 32.2. The van der Waals surface area contributed by atoms with Crippen molar-refractivity contribution in [2.45, 2.75) is 24.8 Å². The molecule has 0 aromatic heterocycles. The van der Waals surface area contributed by atoms with Crippen LogP contribution in [0.4, 0.5) is 0 Å². The lowest BCUT2D eigenvalue weighted by molar-refractivity contribution is 0.281. The predicted molar refractivity (Wildman–Crippen MR) is 69.5 cm³/mol. The summed E-state index contributed by atoms with van der Waals surface area (Å²) in [5.41, 5.74) is 1.94. The number of hydrogen-bond donors (Lipinski definition) is 1. The van der Waals surface area contributed by atoms with Gasteiger partial charge < -0.3 is 5.11 Å². The van der Waals surface area contributed by atoms with Gasteiger partial charge >= 0.3 is 0 Å². The molecule has 0 unspecified atom stereocenters. The van der Waals surface area contributed by atoms with E-state index in [0.717, 1.165) is 6.42 Å². The molecule has 0 bridgehead atoms. The van der Waals surface area contributed by atoms with Crippen LogP contribution in [0.15, 0.2) is 40.8 Å². The van der Waals surface area contributed by atoms with Crippen molar-refractivity contribution in [1.82, 2.24) is 4.31 Å². The number of sulfonamides is 1. The summed E-state index contributed by atoms with van der Waals surface area (Å²) in [5, 5.41) is 8.94. The highest BCUT2D eigenvalue weighted by Crippen LogP contribution is 2.20. The zero-order chi connectivity index (χ0) is 13.2. The van der Waals surface area contributed by atoms with Gasteiger partial charge in [0.2, 0.25) is 10.0 Å². The van der Waals surface area contributed by atoms with Crippen molar-refractivity contribution in [2.24, 2.45) is 0 Å². The van der Waals surface area contributed by atoms with Crippen LogP contribution in [0.25, 0.3) is 0 Å². The minimum atomic E-state index is -3.40. The number of rotatable bonds is 3. The SMILES string of the molecule is CC1=CCN(S(=O)(=O)c2ccc(CO)cc2)CC1. The molecular weight excluding hydrogens is 250 g/mol. The summed E-state index contributed by atoms with van der Waals surface area (Å²) in [4.78, 5) is 0.285. The number of hydrogen-bond acceptors (Lipinski definition) is 3. The summed E-state index contributed by atoms with van der Waals surface area (Å²) in [5.74, 6) is 0. The van der Waals surface area contributed by atoms with Crippen LogP contribution >= 0.6 is 0 Å². The minimum Gasteiger partial charge on any atom is -0.392 e. The van der Waals surface area contributed by atoms with E-state index in [1.807, 2.05) is 13.0 Å². The number of nitrogens with zero attached hydrogens (tertiary/aromatic N) is 1. The van der Waals surface area contributed by atoms with Gasteiger partial charge in [-0.15, -0.1) is 0 Å². The summed E-state index contributed by atoms with van der Waals surface area (Å²) in [6.07, 6.45) is 2.73. The number of benzene rings is 1. The molecule has 1 aromatic carbocycles. The van der Waals surface area contributed by atoms with E-state index < -0.39 is 10.0 Å². The van der Waals surface area contributed by atoms with Crippen molar-refractivity contribution >= 4 is 10.0 Å². The summed E-state index contributed by atoms with van der Waals surface area (Å²) in [6, 6.07) is 6.37. The van der Waals surface area contributed by atoms with E-state index in [1.165, 1.54) is 9.88 Å². The first-order valence-electron chi connectivity index (χ1n) is 5.89. The molecule has 5 heteroatoms. The highest BCUT2D eigenvalue weighted by Gasteiger charge is 2.25. The van der Waals surface area contributed by atoms with Crippen molar-refractivity contribution < 1.29 is 13.5 Å². The Bertz CT molecular complexity index is 546. The summed E-state index contributed by atoms with van der Waals surface area (Å²) < 4.78 is 26.1. The molecule has 1 N–H and O–H groups in total. The van der Waals surface area contributed by atoms with E-state index in [9.17, 15) is 8.42 Å². The Kier molecular flexibility index (Phi) is 3.85. The summed E-state index contributed by atoms with van der Waals surface area (Å²) in [6.45, 7) is 2.91. The molecule has 1 aromatic rings. The van der Waals surface area contributed by atoms with Gasteiger partial charge in [0, 0.05) is 13.1 Å². The first-order valence-corrected chi connectivity index (χ1v) is 7.33. The lowest BCUT2D eigenvalue weighted by Crippen LogP contribution is -2.34. The van der Waals surface area contributed by atoms with Gasteiger partial charge in [-0.1, -0.05) is 23.8 Å². The average Bonchev–Trinajstić information content (AvgIpc) is 2.39. The van der Waals surface area contributed by atoms with E-state index >= 15 is 0 Å². The fourth-order valence-corrected chi connectivity index (χ4v) is 3.27. The summed E-state index contributed by atoms with van der Waals surface area (Å²) in [7, 11) is -3.40. The second-order valence-electron chi connectivity index (χ2n) is 4.47. The Morgan fingerprint density at radius 3 is 2.44 bits per heavy atom. The Balaban J connectivity index is 2.25. The Morgan fingerprint density at radius 1 is 1.28 bits per heavy atom. The fraction of sp³-hybridized carbons (Fsp3) is 0.385. The molecule has 98 valence electrons. The molecule has 0 spiro atoms. The van der Waals surface area contributed by atoms with Crippen molar-refractivity contribution in [3.63, 3.8) is 0 Å². The van der Waals surface area contributed by atoms with E-state index in [4.69, 9.17) is 5.11 Å². The van der Waals surface area contributed by atoms with Crippen molar-refractivity contribution in [3.05, 3.63) is 41.5 Å². The van der Waals surface area contributed by atoms with Crippen LogP contribution in [0.2, 0.25) is 0 Å². The second-order valence-corrected chi connectivity index (χ2v) is 6.40. The van der Waals surface area contributed by atoms with Gasteiger partial charge in [0.05, 0.1) is 11.5 Å². The first-order chi connectivity index (χ1) is 8.54. The molecule has 0 aliphatic carbocycles. The molecule has 2 rings (SSSR count). The van der Waals surface area contributed by atoms with Gasteiger partial charge in [-0.3, -0.25) is 0 Å². The molecule has 1 heterocycles. The van der Waals surface area contributed by atoms with E-state index in [1.54, 1.807) is 24.3 Å². The standard InChI is InChI=1S/C13H17NO3S/c1-11-6-8-14(9-7-11)18(16,17)13-4-2-12(10-15)3-5-13/h2-6,15H,7-10H2,1H3. The fourth-order valence-electron chi connectivity index (χ4n) is 1.89. The van der Waals surface area contributed by atoms with E-state index in [2.05, 4.69) is 0 Å². The minimum absolute atomic E-state index is 0.0774. The zero-order valence-electron chi connectivity index (χ0n) is 10.3. The smallest absolute Gasteiger partial charge is 0.243 e. The molecule has 0 saturated heterocycles. The maximum atomic E-state index is 12.3. The van der Waals surface area contributed by atoms with Crippen LogP contribution in [0, 0.1) is 0 Å². The quantitative estimate of drug-likeness (QED) is 0.845. The lowest BCUT2D eigenvalue weighted by Gasteiger charge is -2.24. The largest absolute Gasteiger partial charge is 0.392 e. The normalized spacial score (nSPS) is 17.6. The maximum absolute atomic E-state index is 12.3. The van der Waals surface area contributed by atoms with Crippen LogP contribution in [0.1, 0.15) is 18.9 Å². The predicted octanol–water partition coefficient (Wildman–Crippen LogP) is 1.52. The van der Waals surface area contributed by atoms with Gasteiger partial charge in [-0.25, -0.2) is 8.42 Å². The van der Waals surface area contributed by atoms with Gasteiger partial charge in [0.1, 0.15) is 0 Å². The molecule has 4 nitrogen and oxygen atoms in total. The van der Waals surface area contributed by atoms with Gasteiger partial charge in [0.25, 0.3) is 0 Å². The van der Waals surface area contributed by atoms with E-state index in [-0.39, 0.29) is 11.5 Å².